The normalized spacial score (nSPS) is 11.7. The van der Waals surface area contributed by atoms with Crippen LogP contribution in [0.3, 0.4) is 0 Å². The van der Waals surface area contributed by atoms with Crippen molar-refractivity contribution in [2.45, 2.75) is 34.2 Å². The summed E-state index contributed by atoms with van der Waals surface area (Å²) < 4.78 is 2.01. The number of nitrogens with one attached hydrogen (secondary N) is 2. The SMILES string of the molecule is CCNC(=NCCNC(=O)C(C)(C)C)N(C)Cc1cc(Cl)cn1C.I. The van der Waals surface area contributed by atoms with Crippen molar-refractivity contribution >= 4 is 47.4 Å². The smallest absolute Gasteiger partial charge is 0.225 e. The molecule has 2 N–H and O–H groups in total. The third kappa shape index (κ3) is 8.31. The molecule has 0 aliphatic rings. The lowest BCUT2D eigenvalue weighted by atomic mass is 9.96. The molecular formula is C17H31ClIN5O. The summed E-state index contributed by atoms with van der Waals surface area (Å²) in [5, 5.41) is 6.90. The second kappa shape index (κ2) is 10.9. The Hall–Kier alpha value is -0.960. The number of amides is 1. The summed E-state index contributed by atoms with van der Waals surface area (Å²) in [4.78, 5) is 18.5. The minimum Gasteiger partial charge on any atom is -0.357 e. The van der Waals surface area contributed by atoms with E-state index < -0.39 is 0 Å². The van der Waals surface area contributed by atoms with Crippen molar-refractivity contribution < 1.29 is 4.79 Å². The van der Waals surface area contributed by atoms with Crippen LogP contribution in [0.1, 0.15) is 33.4 Å². The number of halogens is 2. The average molecular weight is 484 g/mol. The van der Waals surface area contributed by atoms with Crippen molar-refractivity contribution in [2.24, 2.45) is 17.5 Å². The zero-order valence-corrected chi connectivity index (χ0v) is 19.1. The van der Waals surface area contributed by atoms with Gasteiger partial charge < -0.3 is 20.1 Å². The number of nitrogens with zero attached hydrogens (tertiary/aromatic N) is 3. The summed E-state index contributed by atoms with van der Waals surface area (Å²) in [6.45, 7) is 10.3. The number of guanidine groups is 1. The number of carbonyl (C=O) groups is 1. The van der Waals surface area contributed by atoms with E-state index in [1.54, 1.807) is 0 Å². The van der Waals surface area contributed by atoms with Gasteiger partial charge in [-0.1, -0.05) is 32.4 Å². The highest BCUT2D eigenvalue weighted by molar-refractivity contribution is 14.0. The van der Waals surface area contributed by atoms with Gasteiger partial charge in [0.05, 0.1) is 18.1 Å². The van der Waals surface area contributed by atoms with Crippen molar-refractivity contribution in [1.29, 1.82) is 0 Å². The molecule has 6 nitrogen and oxygen atoms in total. The number of aryl methyl sites for hydroxylation is 1. The molecule has 1 heterocycles. The van der Waals surface area contributed by atoms with E-state index in [4.69, 9.17) is 11.6 Å². The number of hydrogen-bond donors (Lipinski definition) is 2. The number of hydrogen-bond acceptors (Lipinski definition) is 2. The fraction of sp³-hybridized carbons (Fsp3) is 0.647. The summed E-state index contributed by atoms with van der Waals surface area (Å²) >= 11 is 6.03. The van der Waals surface area contributed by atoms with E-state index in [0.717, 1.165) is 23.2 Å². The van der Waals surface area contributed by atoms with Gasteiger partial charge in [-0.3, -0.25) is 9.79 Å². The molecule has 0 aliphatic heterocycles. The van der Waals surface area contributed by atoms with Gasteiger partial charge in [-0.05, 0) is 13.0 Å². The molecule has 1 aromatic rings. The highest BCUT2D eigenvalue weighted by atomic mass is 127. The zero-order valence-electron chi connectivity index (χ0n) is 16.0. The summed E-state index contributed by atoms with van der Waals surface area (Å²) in [5.74, 6) is 0.842. The van der Waals surface area contributed by atoms with Gasteiger partial charge in [0.25, 0.3) is 0 Å². The molecule has 1 aromatic heterocycles. The van der Waals surface area contributed by atoms with Crippen LogP contribution in [0.4, 0.5) is 0 Å². The Labute approximate surface area is 173 Å². The summed E-state index contributed by atoms with van der Waals surface area (Å²) in [5.41, 5.74) is 0.728. The van der Waals surface area contributed by atoms with Crippen LogP contribution in [0.5, 0.6) is 0 Å². The van der Waals surface area contributed by atoms with E-state index in [-0.39, 0.29) is 35.3 Å². The summed E-state index contributed by atoms with van der Waals surface area (Å²) in [6, 6.07) is 1.95. The van der Waals surface area contributed by atoms with E-state index in [0.29, 0.717) is 19.6 Å². The molecule has 0 saturated heterocycles. The number of rotatable bonds is 6. The van der Waals surface area contributed by atoms with Crippen molar-refractivity contribution in [3.05, 3.63) is 23.0 Å². The second-order valence-corrected chi connectivity index (χ2v) is 7.29. The first-order chi connectivity index (χ1) is 11.1. The van der Waals surface area contributed by atoms with Gasteiger partial charge in [0, 0.05) is 44.5 Å². The first kappa shape index (κ1) is 24.0. The van der Waals surface area contributed by atoms with Gasteiger partial charge >= 0.3 is 0 Å². The maximum Gasteiger partial charge on any atom is 0.225 e. The van der Waals surface area contributed by atoms with Crippen molar-refractivity contribution in [2.75, 3.05) is 26.7 Å². The Morgan fingerprint density at radius 1 is 1.36 bits per heavy atom. The molecule has 144 valence electrons. The Balaban J connectivity index is 0.00000576. The van der Waals surface area contributed by atoms with Crippen LogP contribution < -0.4 is 10.6 Å². The Kier molecular flexibility index (Phi) is 10.5. The molecule has 0 bridgehead atoms. The molecule has 8 heteroatoms. The lowest BCUT2D eigenvalue weighted by molar-refractivity contribution is -0.128. The maximum absolute atomic E-state index is 11.8. The molecular weight excluding hydrogens is 453 g/mol. The van der Waals surface area contributed by atoms with Crippen LogP contribution in [0.25, 0.3) is 0 Å². The lowest BCUT2D eigenvalue weighted by Crippen LogP contribution is -2.40. The largest absolute Gasteiger partial charge is 0.357 e. The maximum atomic E-state index is 11.8. The molecule has 1 amide bonds. The van der Waals surface area contributed by atoms with Gasteiger partial charge in [0.2, 0.25) is 5.91 Å². The van der Waals surface area contributed by atoms with Gasteiger partial charge in [-0.25, -0.2) is 0 Å². The molecule has 1 rings (SSSR count). The monoisotopic (exact) mass is 483 g/mol. The highest BCUT2D eigenvalue weighted by Crippen LogP contribution is 2.14. The molecule has 25 heavy (non-hydrogen) atoms. The van der Waals surface area contributed by atoms with Gasteiger partial charge in [-0.15, -0.1) is 24.0 Å². The van der Waals surface area contributed by atoms with Gasteiger partial charge in [0.15, 0.2) is 5.96 Å². The molecule has 0 fully saturated rings. The molecule has 0 radical (unpaired) electrons. The molecule has 0 atom stereocenters. The first-order valence-electron chi connectivity index (χ1n) is 8.23. The number of aromatic nitrogens is 1. The third-order valence-electron chi connectivity index (χ3n) is 3.51. The number of aliphatic imine (C=N–C) groups is 1. The number of carbonyl (C=O) groups excluding carboxylic acids is 1. The zero-order chi connectivity index (χ0) is 18.3. The fourth-order valence-electron chi connectivity index (χ4n) is 2.11. The average Bonchev–Trinajstić information content (AvgIpc) is 2.78. The highest BCUT2D eigenvalue weighted by Gasteiger charge is 2.20. The quantitative estimate of drug-likeness (QED) is 0.283. The van der Waals surface area contributed by atoms with Gasteiger partial charge in [0.1, 0.15) is 0 Å². The fourth-order valence-corrected chi connectivity index (χ4v) is 2.38. The van der Waals surface area contributed by atoms with Crippen LogP contribution in [0, 0.1) is 5.41 Å². The predicted octanol–water partition coefficient (Wildman–Crippen LogP) is 2.86. The Bertz CT molecular complexity index is 580. The summed E-state index contributed by atoms with van der Waals surface area (Å²) in [7, 11) is 3.96. The van der Waals surface area contributed by atoms with Crippen LogP contribution in [0.15, 0.2) is 17.3 Å². The van der Waals surface area contributed by atoms with E-state index >= 15 is 0 Å². The predicted molar refractivity (Wildman–Crippen MR) is 116 cm³/mol. The van der Waals surface area contributed by atoms with Crippen LogP contribution >= 0.6 is 35.6 Å². The minimum atomic E-state index is -0.378. The van der Waals surface area contributed by atoms with Crippen LogP contribution in [-0.2, 0) is 18.4 Å². The molecule has 0 unspecified atom stereocenters. The molecule has 0 aliphatic carbocycles. The Morgan fingerprint density at radius 3 is 2.48 bits per heavy atom. The lowest BCUT2D eigenvalue weighted by Gasteiger charge is -2.22. The van der Waals surface area contributed by atoms with E-state index in [1.165, 1.54) is 0 Å². The Morgan fingerprint density at radius 2 is 2.00 bits per heavy atom. The van der Waals surface area contributed by atoms with Crippen molar-refractivity contribution in [3.63, 3.8) is 0 Å². The molecule has 0 saturated carbocycles. The molecule has 0 spiro atoms. The second-order valence-electron chi connectivity index (χ2n) is 6.86. The third-order valence-corrected chi connectivity index (χ3v) is 3.72. The standard InChI is InChI=1S/C17H30ClN5O.HI/c1-7-19-16(21-9-8-20-15(24)17(2,3)4)23(6)12-14-10-13(18)11-22(14)5;/h10-11H,7-9,12H2,1-6H3,(H,19,21)(H,20,24);1H. The van der Waals surface area contributed by atoms with E-state index in [1.807, 2.05) is 63.5 Å². The van der Waals surface area contributed by atoms with Gasteiger partial charge in [-0.2, -0.15) is 0 Å². The van der Waals surface area contributed by atoms with Crippen LogP contribution in [0.2, 0.25) is 5.02 Å². The van der Waals surface area contributed by atoms with Crippen LogP contribution in [-0.4, -0.2) is 48.0 Å². The van der Waals surface area contributed by atoms with E-state index in [9.17, 15) is 4.79 Å². The van der Waals surface area contributed by atoms with Crippen molar-refractivity contribution in [1.82, 2.24) is 20.1 Å². The molecule has 0 aromatic carbocycles. The van der Waals surface area contributed by atoms with E-state index in [2.05, 4.69) is 15.6 Å². The summed E-state index contributed by atoms with van der Waals surface area (Å²) in [6.07, 6.45) is 1.89. The first-order valence-corrected chi connectivity index (χ1v) is 8.61. The van der Waals surface area contributed by atoms with Crippen molar-refractivity contribution in [3.8, 4) is 0 Å². The topological polar surface area (TPSA) is 61.7 Å². The minimum absolute atomic E-state index is 0.